The van der Waals surface area contributed by atoms with Crippen molar-refractivity contribution in [2.45, 2.75) is 45.6 Å². The maximum absolute atomic E-state index is 9.80. The summed E-state index contributed by atoms with van der Waals surface area (Å²) in [5.41, 5.74) is 2.40. The molecule has 1 aliphatic carbocycles. The van der Waals surface area contributed by atoms with Crippen LogP contribution in [0.4, 0.5) is 0 Å². The lowest BCUT2D eigenvalue weighted by Crippen LogP contribution is -2.18. The first kappa shape index (κ1) is 13.1. The number of aliphatic hydroxyl groups excluding tert-OH is 1. The van der Waals surface area contributed by atoms with E-state index in [-0.39, 0.29) is 6.10 Å². The molecule has 1 heterocycles. The van der Waals surface area contributed by atoms with Gasteiger partial charge in [-0.1, -0.05) is 13.8 Å². The number of hydrogen-bond acceptors (Lipinski definition) is 2. The third-order valence-electron chi connectivity index (χ3n) is 4.14. The molecule has 1 aromatic heterocycles. The molecule has 3 unspecified atom stereocenters. The van der Waals surface area contributed by atoms with E-state index in [2.05, 4.69) is 34.9 Å². The van der Waals surface area contributed by atoms with Crippen molar-refractivity contribution in [1.29, 1.82) is 0 Å². The molecular formula is C13H21BrN2O. The Morgan fingerprint density at radius 3 is 2.65 bits per heavy atom. The number of aryl methyl sites for hydroxylation is 2. The van der Waals surface area contributed by atoms with Crippen LogP contribution in [0.1, 0.15) is 38.1 Å². The first-order valence-corrected chi connectivity index (χ1v) is 7.22. The fourth-order valence-corrected chi connectivity index (χ4v) is 3.58. The highest BCUT2D eigenvalue weighted by atomic mass is 79.9. The summed E-state index contributed by atoms with van der Waals surface area (Å²) < 4.78 is 3.15. The zero-order chi connectivity index (χ0) is 12.6. The summed E-state index contributed by atoms with van der Waals surface area (Å²) in [5, 5.41) is 14.3. The first-order valence-electron chi connectivity index (χ1n) is 6.42. The molecule has 3 atom stereocenters. The van der Waals surface area contributed by atoms with Crippen LogP contribution in [0, 0.1) is 11.8 Å². The largest absolute Gasteiger partial charge is 0.393 e. The molecule has 0 amide bonds. The second-order valence-electron chi connectivity index (χ2n) is 5.15. The monoisotopic (exact) mass is 300 g/mol. The molecule has 4 heteroatoms. The fourth-order valence-electron chi connectivity index (χ4n) is 2.80. The average Bonchev–Trinajstić information content (AvgIpc) is 2.76. The van der Waals surface area contributed by atoms with Gasteiger partial charge in [-0.2, -0.15) is 5.10 Å². The molecule has 0 spiro atoms. The van der Waals surface area contributed by atoms with Crippen molar-refractivity contribution in [3.8, 4) is 0 Å². The van der Waals surface area contributed by atoms with Crippen molar-refractivity contribution in [2.75, 3.05) is 0 Å². The van der Waals surface area contributed by atoms with Crippen molar-refractivity contribution in [3.63, 3.8) is 0 Å². The van der Waals surface area contributed by atoms with E-state index in [0.717, 1.165) is 35.8 Å². The molecule has 1 saturated carbocycles. The number of halogens is 1. The molecule has 0 radical (unpaired) electrons. The molecule has 0 bridgehead atoms. The Balaban J connectivity index is 2.16. The van der Waals surface area contributed by atoms with Gasteiger partial charge in [0.2, 0.25) is 0 Å². The SMILES string of the molecule is CCc1nn(C)c(CC2CCC(O)C2C)c1Br. The number of rotatable bonds is 3. The second kappa shape index (κ2) is 5.11. The minimum absolute atomic E-state index is 0.113. The van der Waals surface area contributed by atoms with Crippen LogP contribution in [-0.4, -0.2) is 21.0 Å². The number of aliphatic hydroxyl groups is 1. The first-order chi connectivity index (χ1) is 8.04. The zero-order valence-electron chi connectivity index (χ0n) is 10.8. The van der Waals surface area contributed by atoms with Gasteiger partial charge in [0.15, 0.2) is 0 Å². The lowest BCUT2D eigenvalue weighted by molar-refractivity contribution is 0.127. The molecule has 0 aliphatic heterocycles. The third-order valence-corrected chi connectivity index (χ3v) is 5.06. The third kappa shape index (κ3) is 2.43. The van der Waals surface area contributed by atoms with Crippen molar-refractivity contribution in [1.82, 2.24) is 9.78 Å². The molecule has 1 fully saturated rings. The predicted octanol–water partition coefficient (Wildman–Crippen LogP) is 2.69. The predicted molar refractivity (Wildman–Crippen MR) is 71.9 cm³/mol. The normalized spacial score (nSPS) is 28.9. The molecule has 17 heavy (non-hydrogen) atoms. The van der Waals surface area contributed by atoms with Crippen LogP contribution in [0.5, 0.6) is 0 Å². The van der Waals surface area contributed by atoms with Crippen LogP contribution in [0.15, 0.2) is 4.47 Å². The molecule has 1 aliphatic rings. The topological polar surface area (TPSA) is 38.0 Å². The van der Waals surface area contributed by atoms with Crippen molar-refractivity contribution in [3.05, 3.63) is 15.9 Å². The standard InChI is InChI=1S/C13H21BrN2O/c1-4-10-13(14)11(16(3)15-10)7-9-5-6-12(17)8(9)2/h8-9,12,17H,4-7H2,1-3H3. The summed E-state index contributed by atoms with van der Waals surface area (Å²) in [6.07, 6.45) is 3.93. The Morgan fingerprint density at radius 1 is 1.47 bits per heavy atom. The highest BCUT2D eigenvalue weighted by Crippen LogP contribution is 2.36. The van der Waals surface area contributed by atoms with Crippen LogP contribution in [0.2, 0.25) is 0 Å². The number of nitrogens with zero attached hydrogens (tertiary/aromatic N) is 2. The van der Waals surface area contributed by atoms with Crippen LogP contribution in [-0.2, 0) is 19.9 Å². The van der Waals surface area contributed by atoms with E-state index in [1.807, 2.05) is 11.7 Å². The van der Waals surface area contributed by atoms with Gasteiger partial charge < -0.3 is 5.11 Å². The molecule has 3 nitrogen and oxygen atoms in total. The van der Waals surface area contributed by atoms with Gasteiger partial charge in [-0.05, 0) is 53.4 Å². The van der Waals surface area contributed by atoms with Crippen LogP contribution >= 0.6 is 15.9 Å². The molecule has 2 rings (SSSR count). The lowest BCUT2D eigenvalue weighted by Gasteiger charge is -2.17. The van der Waals surface area contributed by atoms with Crippen molar-refractivity contribution >= 4 is 15.9 Å². The minimum Gasteiger partial charge on any atom is -0.393 e. The van der Waals surface area contributed by atoms with Gasteiger partial charge in [-0.25, -0.2) is 0 Å². The van der Waals surface area contributed by atoms with Gasteiger partial charge >= 0.3 is 0 Å². The minimum atomic E-state index is -0.113. The molecule has 96 valence electrons. The smallest absolute Gasteiger partial charge is 0.0766 e. The van der Waals surface area contributed by atoms with Gasteiger partial charge in [0.05, 0.1) is 22.0 Å². The second-order valence-corrected chi connectivity index (χ2v) is 5.95. The molecule has 1 aromatic rings. The Bertz CT molecular complexity index is 402. The van der Waals surface area contributed by atoms with Crippen LogP contribution in [0.3, 0.4) is 0 Å². The maximum Gasteiger partial charge on any atom is 0.0766 e. The van der Waals surface area contributed by atoms with Gasteiger partial charge in [0.1, 0.15) is 0 Å². The van der Waals surface area contributed by atoms with E-state index in [9.17, 15) is 5.11 Å². The van der Waals surface area contributed by atoms with Crippen LogP contribution in [0.25, 0.3) is 0 Å². The quantitative estimate of drug-likeness (QED) is 0.932. The zero-order valence-corrected chi connectivity index (χ0v) is 12.4. The van der Waals surface area contributed by atoms with Gasteiger partial charge in [0, 0.05) is 7.05 Å². The Hall–Kier alpha value is -0.350. The molecular weight excluding hydrogens is 280 g/mol. The Kier molecular flexibility index (Phi) is 3.93. The lowest BCUT2D eigenvalue weighted by atomic mass is 9.92. The highest BCUT2D eigenvalue weighted by Gasteiger charge is 2.32. The molecule has 0 saturated heterocycles. The summed E-state index contributed by atoms with van der Waals surface area (Å²) in [6.45, 7) is 4.28. The highest BCUT2D eigenvalue weighted by molar-refractivity contribution is 9.10. The summed E-state index contributed by atoms with van der Waals surface area (Å²) in [5.74, 6) is 0.989. The summed E-state index contributed by atoms with van der Waals surface area (Å²) in [7, 11) is 2.01. The molecule has 1 N–H and O–H groups in total. The number of aromatic nitrogens is 2. The van der Waals surface area contributed by atoms with Gasteiger partial charge in [-0.15, -0.1) is 0 Å². The Morgan fingerprint density at radius 2 is 2.18 bits per heavy atom. The van der Waals surface area contributed by atoms with E-state index in [1.165, 1.54) is 5.69 Å². The summed E-state index contributed by atoms with van der Waals surface area (Å²) >= 11 is 3.66. The van der Waals surface area contributed by atoms with E-state index in [1.54, 1.807) is 0 Å². The van der Waals surface area contributed by atoms with E-state index in [4.69, 9.17) is 0 Å². The van der Waals surface area contributed by atoms with Gasteiger partial charge in [0.25, 0.3) is 0 Å². The summed E-state index contributed by atoms with van der Waals surface area (Å²) in [6, 6.07) is 0. The summed E-state index contributed by atoms with van der Waals surface area (Å²) in [4.78, 5) is 0. The molecule has 0 aromatic carbocycles. The average molecular weight is 301 g/mol. The fraction of sp³-hybridized carbons (Fsp3) is 0.769. The van der Waals surface area contributed by atoms with E-state index in [0.29, 0.717) is 11.8 Å². The maximum atomic E-state index is 9.80. The van der Waals surface area contributed by atoms with E-state index >= 15 is 0 Å². The van der Waals surface area contributed by atoms with Crippen molar-refractivity contribution < 1.29 is 5.11 Å². The Labute approximate surface area is 111 Å². The number of hydrogen-bond donors (Lipinski definition) is 1. The van der Waals surface area contributed by atoms with Crippen molar-refractivity contribution in [2.24, 2.45) is 18.9 Å². The van der Waals surface area contributed by atoms with Crippen LogP contribution < -0.4 is 0 Å². The van der Waals surface area contributed by atoms with E-state index < -0.39 is 0 Å². The van der Waals surface area contributed by atoms with Gasteiger partial charge in [-0.3, -0.25) is 4.68 Å².